The van der Waals surface area contributed by atoms with E-state index in [0.717, 1.165) is 29.7 Å². The SMILES string of the molecule is Oc1cccc2c1CCC2Nc1ccc(OC(F)F)cc1. The quantitative estimate of drug-likeness (QED) is 0.891. The van der Waals surface area contributed by atoms with Gasteiger partial charge >= 0.3 is 6.61 Å². The number of anilines is 1. The van der Waals surface area contributed by atoms with Gasteiger partial charge < -0.3 is 15.2 Å². The predicted octanol–water partition coefficient (Wildman–Crippen LogP) is 4.09. The average molecular weight is 291 g/mol. The number of alkyl halides is 2. The molecule has 0 aliphatic heterocycles. The second-order valence-corrected chi connectivity index (χ2v) is 4.98. The van der Waals surface area contributed by atoms with Crippen molar-refractivity contribution in [3.63, 3.8) is 0 Å². The number of phenols is 1. The number of nitrogens with one attached hydrogen (secondary N) is 1. The van der Waals surface area contributed by atoms with Gasteiger partial charge in [0.1, 0.15) is 11.5 Å². The Kier molecular flexibility index (Phi) is 3.64. The van der Waals surface area contributed by atoms with Gasteiger partial charge in [0.25, 0.3) is 0 Å². The zero-order valence-corrected chi connectivity index (χ0v) is 11.2. The van der Waals surface area contributed by atoms with Crippen LogP contribution in [0.2, 0.25) is 0 Å². The van der Waals surface area contributed by atoms with Crippen LogP contribution in [-0.2, 0) is 6.42 Å². The molecule has 3 nitrogen and oxygen atoms in total. The molecule has 0 spiro atoms. The third kappa shape index (κ3) is 2.91. The molecule has 0 amide bonds. The summed E-state index contributed by atoms with van der Waals surface area (Å²) in [4.78, 5) is 0. The molecule has 1 aliphatic rings. The van der Waals surface area contributed by atoms with E-state index < -0.39 is 6.61 Å². The Labute approximate surface area is 121 Å². The van der Waals surface area contributed by atoms with Gasteiger partial charge in [-0.05, 0) is 54.3 Å². The summed E-state index contributed by atoms with van der Waals surface area (Å²) in [7, 11) is 0. The molecule has 21 heavy (non-hydrogen) atoms. The fourth-order valence-corrected chi connectivity index (χ4v) is 2.72. The predicted molar refractivity (Wildman–Crippen MR) is 75.9 cm³/mol. The first-order chi connectivity index (χ1) is 10.1. The van der Waals surface area contributed by atoms with Crippen LogP contribution >= 0.6 is 0 Å². The van der Waals surface area contributed by atoms with E-state index in [1.54, 1.807) is 18.2 Å². The lowest BCUT2D eigenvalue weighted by Crippen LogP contribution is -2.07. The van der Waals surface area contributed by atoms with Gasteiger partial charge in [-0.15, -0.1) is 0 Å². The van der Waals surface area contributed by atoms with Crippen molar-refractivity contribution in [3.8, 4) is 11.5 Å². The zero-order chi connectivity index (χ0) is 14.8. The highest BCUT2D eigenvalue weighted by molar-refractivity contribution is 5.52. The minimum Gasteiger partial charge on any atom is -0.508 e. The summed E-state index contributed by atoms with van der Waals surface area (Å²) in [5.41, 5.74) is 2.90. The van der Waals surface area contributed by atoms with Crippen LogP contribution in [-0.4, -0.2) is 11.7 Å². The Hall–Kier alpha value is -2.30. The maximum atomic E-state index is 12.1. The van der Waals surface area contributed by atoms with Gasteiger partial charge in [-0.2, -0.15) is 8.78 Å². The maximum Gasteiger partial charge on any atom is 0.387 e. The van der Waals surface area contributed by atoms with Crippen molar-refractivity contribution in [1.82, 2.24) is 0 Å². The van der Waals surface area contributed by atoms with Crippen LogP contribution in [0, 0.1) is 0 Å². The Morgan fingerprint density at radius 2 is 1.90 bits per heavy atom. The molecular formula is C16H15F2NO2. The van der Waals surface area contributed by atoms with Crippen molar-refractivity contribution in [2.45, 2.75) is 25.5 Å². The molecule has 0 aromatic heterocycles. The molecule has 2 N–H and O–H groups in total. The van der Waals surface area contributed by atoms with Gasteiger partial charge in [0.15, 0.2) is 0 Å². The molecule has 0 fully saturated rings. The number of fused-ring (bicyclic) bond motifs is 1. The molecule has 0 saturated carbocycles. The van der Waals surface area contributed by atoms with Gasteiger partial charge in [-0.25, -0.2) is 0 Å². The Morgan fingerprint density at radius 1 is 1.14 bits per heavy atom. The van der Waals surface area contributed by atoms with Crippen molar-refractivity contribution < 1.29 is 18.6 Å². The fourth-order valence-electron chi connectivity index (χ4n) is 2.72. The lowest BCUT2D eigenvalue weighted by atomic mass is 10.1. The molecule has 0 bridgehead atoms. The Bertz CT molecular complexity index is 629. The standard InChI is InChI=1S/C16H15F2NO2/c17-16(18)21-11-6-4-10(5-7-11)19-14-9-8-13-12(14)2-1-3-15(13)20/h1-7,14,16,19-20H,8-9H2. The van der Waals surface area contributed by atoms with Crippen LogP contribution in [0.1, 0.15) is 23.6 Å². The van der Waals surface area contributed by atoms with Crippen LogP contribution in [0.5, 0.6) is 11.5 Å². The number of hydrogen-bond donors (Lipinski definition) is 2. The lowest BCUT2D eigenvalue weighted by Gasteiger charge is -2.16. The van der Waals surface area contributed by atoms with Crippen molar-refractivity contribution in [3.05, 3.63) is 53.6 Å². The molecule has 0 heterocycles. The van der Waals surface area contributed by atoms with Crippen LogP contribution < -0.4 is 10.1 Å². The summed E-state index contributed by atoms with van der Waals surface area (Å²) < 4.78 is 28.5. The molecule has 2 aromatic rings. The molecule has 0 saturated heterocycles. The maximum absolute atomic E-state index is 12.1. The second-order valence-electron chi connectivity index (χ2n) is 4.98. The summed E-state index contributed by atoms with van der Waals surface area (Å²) >= 11 is 0. The number of ether oxygens (including phenoxy) is 1. The third-order valence-corrected chi connectivity index (χ3v) is 3.67. The van der Waals surface area contributed by atoms with Crippen molar-refractivity contribution in [2.75, 3.05) is 5.32 Å². The summed E-state index contributed by atoms with van der Waals surface area (Å²) in [6, 6.07) is 12.1. The highest BCUT2D eigenvalue weighted by atomic mass is 19.3. The zero-order valence-electron chi connectivity index (χ0n) is 11.2. The summed E-state index contributed by atoms with van der Waals surface area (Å²) in [6.07, 6.45) is 1.72. The molecule has 0 radical (unpaired) electrons. The summed E-state index contributed by atoms with van der Waals surface area (Å²) in [5.74, 6) is 0.470. The molecule has 1 atom stereocenters. The second kappa shape index (κ2) is 5.60. The molecule has 2 aromatic carbocycles. The largest absolute Gasteiger partial charge is 0.508 e. The monoisotopic (exact) mass is 291 g/mol. The van der Waals surface area contributed by atoms with Gasteiger partial charge in [-0.3, -0.25) is 0 Å². The van der Waals surface area contributed by atoms with Crippen molar-refractivity contribution in [1.29, 1.82) is 0 Å². The number of benzene rings is 2. The Balaban J connectivity index is 1.73. The van der Waals surface area contributed by atoms with Crippen molar-refractivity contribution >= 4 is 5.69 Å². The average Bonchev–Trinajstić information content (AvgIpc) is 2.85. The smallest absolute Gasteiger partial charge is 0.387 e. The lowest BCUT2D eigenvalue weighted by molar-refractivity contribution is -0.0498. The Morgan fingerprint density at radius 3 is 2.62 bits per heavy atom. The van der Waals surface area contributed by atoms with Crippen molar-refractivity contribution in [2.24, 2.45) is 0 Å². The van der Waals surface area contributed by atoms with Gasteiger partial charge in [-0.1, -0.05) is 12.1 Å². The first-order valence-corrected chi connectivity index (χ1v) is 6.75. The van der Waals surface area contributed by atoms with E-state index in [0.29, 0.717) is 5.75 Å². The van der Waals surface area contributed by atoms with E-state index in [1.165, 1.54) is 12.1 Å². The van der Waals surface area contributed by atoms with Gasteiger partial charge in [0.2, 0.25) is 0 Å². The molecule has 5 heteroatoms. The normalized spacial score (nSPS) is 16.8. The minimum atomic E-state index is -2.81. The van der Waals surface area contributed by atoms with E-state index in [2.05, 4.69) is 10.1 Å². The van der Waals surface area contributed by atoms with E-state index in [-0.39, 0.29) is 11.8 Å². The first-order valence-electron chi connectivity index (χ1n) is 6.75. The van der Waals surface area contributed by atoms with E-state index in [9.17, 15) is 13.9 Å². The highest BCUT2D eigenvalue weighted by Gasteiger charge is 2.24. The molecular weight excluding hydrogens is 276 g/mol. The third-order valence-electron chi connectivity index (χ3n) is 3.67. The van der Waals surface area contributed by atoms with Crippen LogP contribution in [0.3, 0.4) is 0 Å². The van der Waals surface area contributed by atoms with Crippen LogP contribution in [0.15, 0.2) is 42.5 Å². The first kappa shape index (κ1) is 13.7. The van der Waals surface area contributed by atoms with Gasteiger partial charge in [0, 0.05) is 5.69 Å². The summed E-state index contributed by atoms with van der Waals surface area (Å²) in [6.45, 7) is -2.81. The van der Waals surface area contributed by atoms with Crippen LogP contribution in [0.4, 0.5) is 14.5 Å². The highest BCUT2D eigenvalue weighted by Crippen LogP contribution is 2.38. The number of rotatable bonds is 4. The molecule has 1 aliphatic carbocycles. The van der Waals surface area contributed by atoms with E-state index in [1.807, 2.05) is 12.1 Å². The molecule has 110 valence electrons. The molecule has 3 rings (SSSR count). The summed E-state index contributed by atoms with van der Waals surface area (Å²) in [5, 5.41) is 13.2. The van der Waals surface area contributed by atoms with Gasteiger partial charge in [0.05, 0.1) is 6.04 Å². The van der Waals surface area contributed by atoms with Crippen LogP contribution in [0.25, 0.3) is 0 Å². The number of aromatic hydroxyl groups is 1. The molecule has 1 unspecified atom stereocenters. The fraction of sp³-hybridized carbons (Fsp3) is 0.250. The topological polar surface area (TPSA) is 41.5 Å². The van der Waals surface area contributed by atoms with E-state index in [4.69, 9.17) is 0 Å². The minimum absolute atomic E-state index is 0.119. The number of phenolic OH excluding ortho intramolecular Hbond substituents is 1. The number of halogens is 2. The van der Waals surface area contributed by atoms with E-state index >= 15 is 0 Å². The number of hydrogen-bond acceptors (Lipinski definition) is 3.